The summed E-state index contributed by atoms with van der Waals surface area (Å²) in [6.07, 6.45) is 3.40. The Labute approximate surface area is 87.1 Å². The Morgan fingerprint density at radius 1 is 1.27 bits per heavy atom. The Kier molecular flexibility index (Phi) is 2.97. The molecule has 15 heavy (non-hydrogen) atoms. The molecule has 4 heteroatoms. The van der Waals surface area contributed by atoms with E-state index in [9.17, 15) is 4.79 Å². The first-order chi connectivity index (χ1) is 7.34. The van der Waals surface area contributed by atoms with Crippen molar-refractivity contribution < 1.29 is 9.20 Å². The normalized spacial score (nSPS) is 10.4. The number of nitrogens with zero attached hydrogens (tertiary/aromatic N) is 1. The zero-order chi connectivity index (χ0) is 10.5. The van der Waals surface area contributed by atoms with Gasteiger partial charge in [-0.25, -0.2) is 4.79 Å². The number of H-pyrrole nitrogens is 1. The van der Waals surface area contributed by atoms with Crippen LogP contribution in [0, 0.1) is 0 Å². The van der Waals surface area contributed by atoms with Crippen LogP contribution < -0.4 is 10.3 Å². The largest absolute Gasteiger partial charge is 0.426 e. The maximum Gasteiger partial charge on any atom is 0.426 e. The van der Waals surface area contributed by atoms with Gasteiger partial charge < -0.3 is 0 Å². The van der Waals surface area contributed by atoms with Gasteiger partial charge in [0.25, 0.3) is 6.20 Å². The van der Waals surface area contributed by atoms with E-state index in [2.05, 4.69) is 21.9 Å². The van der Waals surface area contributed by atoms with Crippen LogP contribution >= 0.6 is 0 Å². The molecule has 0 saturated carbocycles. The fourth-order valence-corrected chi connectivity index (χ4v) is 1.49. The number of rotatable bonds is 4. The van der Waals surface area contributed by atoms with Crippen LogP contribution in [0.15, 0.2) is 45.8 Å². The van der Waals surface area contributed by atoms with Crippen LogP contribution in [-0.2, 0) is 13.0 Å². The number of hydrogen-bond donors (Lipinski definition) is 1. The Hall–Kier alpha value is -1.84. The number of benzene rings is 1. The van der Waals surface area contributed by atoms with Crippen LogP contribution in [0.1, 0.15) is 12.0 Å². The summed E-state index contributed by atoms with van der Waals surface area (Å²) in [5.41, 5.74) is 0.971. The fraction of sp³-hybridized carbons (Fsp3) is 0.273. The molecule has 1 N–H and O–H groups in total. The van der Waals surface area contributed by atoms with Crippen molar-refractivity contribution in [2.24, 2.45) is 0 Å². The molecule has 0 aliphatic carbocycles. The first kappa shape index (κ1) is 9.71. The molecule has 0 atom stereocenters. The summed E-state index contributed by atoms with van der Waals surface area (Å²) in [5, 5.41) is 2.52. The highest BCUT2D eigenvalue weighted by atomic mass is 16.5. The van der Waals surface area contributed by atoms with Gasteiger partial charge >= 0.3 is 5.63 Å². The van der Waals surface area contributed by atoms with Crippen molar-refractivity contribution in [1.29, 1.82) is 0 Å². The zero-order valence-electron chi connectivity index (χ0n) is 8.35. The van der Waals surface area contributed by atoms with Gasteiger partial charge in [0, 0.05) is 6.42 Å². The second kappa shape index (κ2) is 4.59. The molecule has 0 radical (unpaired) electrons. The third-order valence-electron chi connectivity index (χ3n) is 2.23. The van der Waals surface area contributed by atoms with Crippen molar-refractivity contribution in [3.8, 4) is 0 Å². The van der Waals surface area contributed by atoms with Crippen molar-refractivity contribution >= 4 is 0 Å². The zero-order valence-corrected chi connectivity index (χ0v) is 8.35. The van der Waals surface area contributed by atoms with E-state index in [0.717, 1.165) is 19.4 Å². The van der Waals surface area contributed by atoms with E-state index in [1.54, 1.807) is 4.68 Å². The molecule has 4 nitrogen and oxygen atoms in total. The molecule has 0 bridgehead atoms. The van der Waals surface area contributed by atoms with E-state index in [0.29, 0.717) is 0 Å². The van der Waals surface area contributed by atoms with Crippen LogP contribution in [0.25, 0.3) is 0 Å². The van der Waals surface area contributed by atoms with Crippen molar-refractivity contribution in [2.45, 2.75) is 19.4 Å². The molecule has 0 aliphatic heterocycles. The standard InChI is InChI=1S/C11H12N2O2/c14-11-9-13(12-15-11)8-4-7-10-5-2-1-3-6-10/h1-3,5-6,9H,4,7-8H2/p+1. The van der Waals surface area contributed by atoms with Crippen LogP contribution in [0.4, 0.5) is 0 Å². The van der Waals surface area contributed by atoms with Gasteiger partial charge in [-0.05, 0) is 17.3 Å². The average Bonchev–Trinajstić information content (AvgIpc) is 2.66. The molecule has 1 heterocycles. The van der Waals surface area contributed by atoms with Gasteiger partial charge in [-0.3, -0.25) is 4.52 Å². The lowest BCUT2D eigenvalue weighted by molar-refractivity contribution is -0.762. The Morgan fingerprint density at radius 3 is 2.73 bits per heavy atom. The molecule has 1 aromatic carbocycles. The highest BCUT2D eigenvalue weighted by molar-refractivity contribution is 5.14. The van der Waals surface area contributed by atoms with Crippen molar-refractivity contribution in [3.63, 3.8) is 0 Å². The molecule has 0 aliphatic rings. The van der Waals surface area contributed by atoms with Gasteiger partial charge in [-0.15, -0.1) is 0 Å². The second-order valence-electron chi connectivity index (χ2n) is 3.42. The van der Waals surface area contributed by atoms with Gasteiger partial charge in [0.1, 0.15) is 0 Å². The molecule has 1 aromatic heterocycles. The molecule has 0 saturated heterocycles. The summed E-state index contributed by atoms with van der Waals surface area (Å²) >= 11 is 0. The summed E-state index contributed by atoms with van der Waals surface area (Å²) in [6.45, 7) is 0.765. The molecule has 0 unspecified atom stereocenters. The number of hydrogen-bond acceptors (Lipinski definition) is 2. The predicted octanol–water partition coefficient (Wildman–Crippen LogP) is 0.888. The van der Waals surface area contributed by atoms with Gasteiger partial charge in [0.15, 0.2) is 6.54 Å². The van der Waals surface area contributed by atoms with Gasteiger partial charge in [0.2, 0.25) is 0 Å². The summed E-state index contributed by atoms with van der Waals surface area (Å²) in [6, 6.07) is 10.3. The monoisotopic (exact) mass is 205 g/mol. The van der Waals surface area contributed by atoms with E-state index >= 15 is 0 Å². The fourth-order valence-electron chi connectivity index (χ4n) is 1.49. The number of aromatic nitrogens is 2. The minimum Gasteiger partial charge on any atom is -0.284 e. The Balaban J connectivity index is 1.83. The van der Waals surface area contributed by atoms with E-state index in [1.165, 1.54) is 11.8 Å². The molecule has 0 fully saturated rings. The highest BCUT2D eigenvalue weighted by Gasteiger charge is 2.04. The van der Waals surface area contributed by atoms with Crippen molar-refractivity contribution in [2.75, 3.05) is 0 Å². The van der Waals surface area contributed by atoms with Crippen LogP contribution in [0.2, 0.25) is 0 Å². The number of aryl methyl sites for hydroxylation is 2. The molecule has 2 rings (SSSR count). The van der Waals surface area contributed by atoms with Crippen LogP contribution in [0.5, 0.6) is 0 Å². The van der Waals surface area contributed by atoms with E-state index in [-0.39, 0.29) is 5.63 Å². The Bertz CT molecular complexity index is 459. The third-order valence-corrected chi connectivity index (χ3v) is 2.23. The molecule has 2 aromatic rings. The first-order valence-electron chi connectivity index (χ1n) is 4.96. The summed E-state index contributed by atoms with van der Waals surface area (Å²) in [4.78, 5) is 10.7. The minimum absolute atomic E-state index is 0.338. The lowest BCUT2D eigenvalue weighted by atomic mass is 10.1. The second-order valence-corrected chi connectivity index (χ2v) is 3.42. The van der Waals surface area contributed by atoms with Crippen molar-refractivity contribution in [3.05, 3.63) is 52.5 Å². The third kappa shape index (κ3) is 2.80. The molecular formula is C11H13N2O2+. The topological polar surface area (TPSA) is 49.9 Å². The number of aromatic amines is 1. The van der Waals surface area contributed by atoms with Crippen molar-refractivity contribution in [1.82, 2.24) is 5.27 Å². The smallest absolute Gasteiger partial charge is 0.284 e. The number of nitrogens with one attached hydrogen (secondary N) is 1. The predicted molar refractivity (Wildman–Crippen MR) is 54.3 cm³/mol. The maximum absolute atomic E-state index is 10.7. The highest BCUT2D eigenvalue weighted by Crippen LogP contribution is 2.01. The minimum atomic E-state index is -0.338. The SMILES string of the molecule is O=c1c[n+](CCCc2ccccc2)[nH]o1. The summed E-state index contributed by atoms with van der Waals surface area (Å²) in [5.74, 6) is 0. The van der Waals surface area contributed by atoms with Crippen LogP contribution in [0.3, 0.4) is 0 Å². The summed E-state index contributed by atoms with van der Waals surface area (Å²) < 4.78 is 6.21. The lowest BCUT2D eigenvalue weighted by Gasteiger charge is -1.96. The van der Waals surface area contributed by atoms with Gasteiger partial charge in [0.05, 0.1) is 0 Å². The molecular weight excluding hydrogens is 192 g/mol. The van der Waals surface area contributed by atoms with Gasteiger partial charge in [-0.1, -0.05) is 35.0 Å². The van der Waals surface area contributed by atoms with Gasteiger partial charge in [-0.2, -0.15) is 0 Å². The maximum atomic E-state index is 10.7. The average molecular weight is 205 g/mol. The summed E-state index contributed by atoms with van der Waals surface area (Å²) in [7, 11) is 0. The van der Waals surface area contributed by atoms with Crippen LogP contribution in [-0.4, -0.2) is 5.27 Å². The molecule has 0 spiro atoms. The molecule has 0 amide bonds. The molecule has 78 valence electrons. The first-order valence-corrected chi connectivity index (χ1v) is 4.96. The lowest BCUT2D eigenvalue weighted by Crippen LogP contribution is -2.35. The van der Waals surface area contributed by atoms with E-state index < -0.39 is 0 Å². The Morgan fingerprint density at radius 2 is 2.07 bits per heavy atom. The van der Waals surface area contributed by atoms with E-state index in [1.807, 2.05) is 18.2 Å². The van der Waals surface area contributed by atoms with E-state index in [4.69, 9.17) is 0 Å². The quantitative estimate of drug-likeness (QED) is 0.753.